The number of ether oxygens (including phenoxy) is 1. The molecule has 2 aromatic heterocycles. The number of piperazine rings is 1. The standard InChI is InChI=1S/C26H22FN5O5S/c1-15-13-29-25(38-15)30-26(36)37-19-8-7-18(27)20-17(14-28-21(19)20)22(33)24(35)32-11-9-31(10-12-32)23(34)16-5-3-2-4-6-16/h2-8,13-14,28H,9-12H2,1H3,(H,29,30,36). The molecular weight excluding hydrogens is 513 g/mol. The number of benzene rings is 2. The molecule has 194 valence electrons. The molecule has 0 bridgehead atoms. The summed E-state index contributed by atoms with van der Waals surface area (Å²) in [6.07, 6.45) is 1.98. The van der Waals surface area contributed by atoms with Crippen LogP contribution < -0.4 is 10.1 Å². The van der Waals surface area contributed by atoms with Gasteiger partial charge in [-0.05, 0) is 31.2 Å². The lowest BCUT2D eigenvalue weighted by molar-refractivity contribution is -0.127. The monoisotopic (exact) mass is 535 g/mol. The summed E-state index contributed by atoms with van der Waals surface area (Å²) in [6, 6.07) is 11.1. The number of thiazole rings is 1. The van der Waals surface area contributed by atoms with E-state index in [0.29, 0.717) is 10.7 Å². The van der Waals surface area contributed by atoms with E-state index < -0.39 is 23.6 Å². The fraction of sp³-hybridized carbons (Fsp3) is 0.192. The lowest BCUT2D eigenvalue weighted by Crippen LogP contribution is -2.52. The molecule has 0 radical (unpaired) electrons. The number of amides is 3. The average molecular weight is 536 g/mol. The Morgan fingerprint density at radius 1 is 1.03 bits per heavy atom. The Balaban J connectivity index is 1.28. The molecule has 1 aliphatic heterocycles. The van der Waals surface area contributed by atoms with Crippen molar-refractivity contribution in [3.8, 4) is 5.75 Å². The Morgan fingerprint density at radius 2 is 1.74 bits per heavy atom. The largest absolute Gasteiger partial charge is 0.418 e. The predicted molar refractivity (Wildman–Crippen MR) is 138 cm³/mol. The third-order valence-electron chi connectivity index (χ3n) is 6.09. The third-order valence-corrected chi connectivity index (χ3v) is 6.92. The highest BCUT2D eigenvalue weighted by molar-refractivity contribution is 7.15. The van der Waals surface area contributed by atoms with E-state index in [9.17, 15) is 23.6 Å². The summed E-state index contributed by atoms with van der Waals surface area (Å²) in [6.45, 7) is 2.69. The van der Waals surface area contributed by atoms with Crippen LogP contribution in [0.4, 0.5) is 14.3 Å². The molecule has 2 N–H and O–H groups in total. The molecule has 4 aromatic rings. The SMILES string of the molecule is Cc1cnc(NC(=O)Oc2ccc(F)c3c(C(=O)C(=O)N4CCN(C(=O)c5ccccc5)CC4)c[nH]c23)s1. The molecular formula is C26H22FN5O5S. The zero-order valence-electron chi connectivity index (χ0n) is 20.2. The van der Waals surface area contributed by atoms with Crippen LogP contribution in [0.5, 0.6) is 5.75 Å². The van der Waals surface area contributed by atoms with Crippen molar-refractivity contribution >= 4 is 51.1 Å². The van der Waals surface area contributed by atoms with Crippen molar-refractivity contribution in [3.63, 3.8) is 0 Å². The lowest BCUT2D eigenvalue weighted by Gasteiger charge is -2.34. The normalized spacial score (nSPS) is 13.4. The lowest BCUT2D eigenvalue weighted by atomic mass is 10.1. The molecule has 1 aliphatic rings. The van der Waals surface area contributed by atoms with E-state index in [0.717, 1.165) is 10.9 Å². The van der Waals surface area contributed by atoms with Crippen LogP contribution in [-0.4, -0.2) is 69.6 Å². The summed E-state index contributed by atoms with van der Waals surface area (Å²) in [7, 11) is 0. The molecule has 38 heavy (non-hydrogen) atoms. The van der Waals surface area contributed by atoms with Crippen molar-refractivity contribution in [1.29, 1.82) is 0 Å². The van der Waals surface area contributed by atoms with Gasteiger partial charge in [-0.2, -0.15) is 0 Å². The number of halogens is 1. The summed E-state index contributed by atoms with van der Waals surface area (Å²) < 4.78 is 20.1. The summed E-state index contributed by atoms with van der Waals surface area (Å²) in [5.74, 6) is -2.63. The molecule has 5 rings (SSSR count). The van der Waals surface area contributed by atoms with Crippen LogP contribution in [0.2, 0.25) is 0 Å². The zero-order chi connectivity index (χ0) is 26.8. The van der Waals surface area contributed by atoms with Crippen molar-refractivity contribution in [2.24, 2.45) is 0 Å². The second kappa shape index (κ2) is 10.4. The van der Waals surface area contributed by atoms with Crippen LogP contribution in [-0.2, 0) is 4.79 Å². The van der Waals surface area contributed by atoms with Crippen molar-refractivity contribution in [2.75, 3.05) is 31.5 Å². The van der Waals surface area contributed by atoms with Crippen LogP contribution >= 0.6 is 11.3 Å². The number of aromatic amines is 1. The maximum atomic E-state index is 14.8. The Bertz CT molecular complexity index is 1540. The first kappa shape index (κ1) is 25.1. The minimum absolute atomic E-state index is 0.0216. The van der Waals surface area contributed by atoms with Gasteiger partial charge < -0.3 is 19.5 Å². The highest BCUT2D eigenvalue weighted by Crippen LogP contribution is 2.31. The molecule has 0 unspecified atom stereocenters. The van der Waals surface area contributed by atoms with Crippen LogP contribution in [0.15, 0.2) is 54.9 Å². The van der Waals surface area contributed by atoms with Gasteiger partial charge in [0.2, 0.25) is 0 Å². The number of Topliss-reactive ketones (excluding diaryl/α,β-unsaturated/α-hetero) is 1. The minimum atomic E-state index is -0.905. The predicted octanol–water partition coefficient (Wildman–Crippen LogP) is 3.85. The topological polar surface area (TPSA) is 125 Å². The third kappa shape index (κ3) is 4.98. The van der Waals surface area contributed by atoms with Gasteiger partial charge in [-0.25, -0.2) is 14.2 Å². The maximum absolute atomic E-state index is 14.8. The Kier molecular flexibility index (Phi) is 6.88. The number of anilines is 1. The summed E-state index contributed by atoms with van der Waals surface area (Å²) in [5, 5.41) is 2.67. The maximum Gasteiger partial charge on any atom is 0.418 e. The number of nitrogens with zero attached hydrogens (tertiary/aromatic N) is 3. The summed E-state index contributed by atoms with van der Waals surface area (Å²) in [5.41, 5.74) is 0.433. The van der Waals surface area contributed by atoms with E-state index in [2.05, 4.69) is 15.3 Å². The van der Waals surface area contributed by atoms with Crippen molar-refractivity contribution < 1.29 is 28.3 Å². The Hall–Kier alpha value is -4.58. The van der Waals surface area contributed by atoms with Crippen LogP contribution in [0.1, 0.15) is 25.6 Å². The fourth-order valence-corrected chi connectivity index (χ4v) is 4.86. The first-order valence-corrected chi connectivity index (χ1v) is 12.5. The number of hydrogen-bond acceptors (Lipinski definition) is 7. The molecule has 0 spiro atoms. The van der Waals surface area contributed by atoms with Crippen molar-refractivity contribution in [2.45, 2.75) is 6.92 Å². The van der Waals surface area contributed by atoms with Crippen LogP contribution in [0.3, 0.4) is 0 Å². The molecule has 12 heteroatoms. The number of fused-ring (bicyclic) bond motifs is 1. The molecule has 2 aromatic carbocycles. The number of carbonyl (C=O) groups excluding carboxylic acids is 4. The molecule has 10 nitrogen and oxygen atoms in total. The first-order valence-electron chi connectivity index (χ1n) is 11.7. The molecule has 3 heterocycles. The number of hydrogen-bond donors (Lipinski definition) is 2. The van der Waals surface area contributed by atoms with Gasteiger partial charge in [0.05, 0.1) is 16.5 Å². The minimum Gasteiger partial charge on any atom is -0.408 e. The van der Waals surface area contributed by atoms with E-state index >= 15 is 0 Å². The number of nitrogens with one attached hydrogen (secondary N) is 2. The summed E-state index contributed by atoms with van der Waals surface area (Å²) in [4.78, 5) is 61.7. The second-order valence-electron chi connectivity index (χ2n) is 8.57. The van der Waals surface area contributed by atoms with Gasteiger partial charge >= 0.3 is 6.09 Å². The number of aromatic nitrogens is 2. The average Bonchev–Trinajstić information content (AvgIpc) is 3.56. The van der Waals surface area contributed by atoms with Crippen LogP contribution in [0.25, 0.3) is 10.9 Å². The van der Waals surface area contributed by atoms with Gasteiger partial charge in [0.25, 0.3) is 17.6 Å². The number of ketones is 1. The fourth-order valence-electron chi connectivity index (χ4n) is 4.21. The van der Waals surface area contributed by atoms with Gasteiger partial charge in [-0.15, -0.1) is 11.3 Å². The van der Waals surface area contributed by atoms with E-state index in [1.54, 1.807) is 35.4 Å². The molecule has 0 atom stereocenters. The van der Waals surface area contributed by atoms with Gasteiger partial charge in [-0.3, -0.25) is 19.7 Å². The van der Waals surface area contributed by atoms with E-state index in [1.807, 2.05) is 13.0 Å². The van der Waals surface area contributed by atoms with E-state index in [1.165, 1.54) is 28.5 Å². The van der Waals surface area contributed by atoms with Gasteiger partial charge in [-0.1, -0.05) is 18.2 Å². The number of aryl methyl sites for hydroxylation is 1. The molecule has 1 fully saturated rings. The van der Waals surface area contributed by atoms with Crippen molar-refractivity contribution in [3.05, 3.63) is 76.7 Å². The Labute approximate surface area is 220 Å². The van der Waals surface area contributed by atoms with Crippen LogP contribution in [0, 0.1) is 12.7 Å². The highest BCUT2D eigenvalue weighted by Gasteiger charge is 2.31. The van der Waals surface area contributed by atoms with Crippen molar-refractivity contribution in [1.82, 2.24) is 19.8 Å². The highest BCUT2D eigenvalue weighted by atomic mass is 32.1. The number of H-pyrrole nitrogens is 1. The van der Waals surface area contributed by atoms with E-state index in [-0.39, 0.29) is 54.3 Å². The molecule has 1 saturated heterocycles. The molecule has 0 saturated carbocycles. The Morgan fingerprint density at radius 3 is 2.42 bits per heavy atom. The van der Waals surface area contributed by atoms with Gasteiger partial charge in [0.1, 0.15) is 5.82 Å². The first-order chi connectivity index (χ1) is 18.3. The smallest absolute Gasteiger partial charge is 0.408 e. The summed E-state index contributed by atoms with van der Waals surface area (Å²) >= 11 is 1.26. The number of rotatable bonds is 5. The second-order valence-corrected chi connectivity index (χ2v) is 9.80. The van der Waals surface area contributed by atoms with E-state index in [4.69, 9.17) is 4.74 Å². The number of carbonyl (C=O) groups is 4. The van der Waals surface area contributed by atoms with Gasteiger partial charge in [0.15, 0.2) is 10.9 Å². The molecule has 3 amide bonds. The molecule has 0 aliphatic carbocycles. The zero-order valence-corrected chi connectivity index (χ0v) is 21.0. The quantitative estimate of drug-likeness (QED) is 0.296. The van der Waals surface area contributed by atoms with Gasteiger partial charge in [0, 0.05) is 49.0 Å².